The molecule has 10 heteroatoms. The Labute approximate surface area is 186 Å². The van der Waals surface area contributed by atoms with Crippen molar-refractivity contribution in [1.82, 2.24) is 16.0 Å². The zero-order chi connectivity index (χ0) is 20.4. The van der Waals surface area contributed by atoms with Crippen molar-refractivity contribution in [2.24, 2.45) is 4.99 Å². The highest BCUT2D eigenvalue weighted by Gasteiger charge is 2.28. The summed E-state index contributed by atoms with van der Waals surface area (Å²) in [7, 11) is 1.63. The standard InChI is InChI=1S/C19H27F3N4O2.HI/c1-23-18(24-11-10-17(27)26-15-4-2-3-5-15)25-12-14-6-8-16(9-7-14)28-13-19(20,21)22;/h6-9,15H,2-5,10-13H2,1H3,(H,26,27)(H2,23,24,25);1H. The van der Waals surface area contributed by atoms with Gasteiger partial charge in [-0.15, -0.1) is 24.0 Å². The van der Waals surface area contributed by atoms with E-state index in [1.807, 2.05) is 0 Å². The first kappa shape index (κ1) is 25.3. The average Bonchev–Trinajstić information content (AvgIpc) is 3.16. The minimum atomic E-state index is -4.35. The van der Waals surface area contributed by atoms with E-state index < -0.39 is 12.8 Å². The minimum absolute atomic E-state index is 0. The maximum Gasteiger partial charge on any atom is 0.422 e. The van der Waals surface area contributed by atoms with Gasteiger partial charge in [0.15, 0.2) is 12.6 Å². The fraction of sp³-hybridized carbons (Fsp3) is 0.579. The Balaban J connectivity index is 0.00000420. The van der Waals surface area contributed by atoms with E-state index in [9.17, 15) is 18.0 Å². The molecular weight excluding hydrogens is 500 g/mol. The first-order chi connectivity index (χ1) is 13.4. The van der Waals surface area contributed by atoms with Gasteiger partial charge in [0.05, 0.1) is 0 Å². The summed E-state index contributed by atoms with van der Waals surface area (Å²) < 4.78 is 41.1. The number of carbonyl (C=O) groups excluding carboxylic acids is 1. The molecule has 3 N–H and O–H groups in total. The second-order valence-electron chi connectivity index (χ2n) is 6.70. The lowest BCUT2D eigenvalue weighted by Crippen LogP contribution is -2.40. The molecule has 0 bridgehead atoms. The number of nitrogens with one attached hydrogen (secondary N) is 3. The Morgan fingerprint density at radius 2 is 1.83 bits per heavy atom. The number of carbonyl (C=O) groups is 1. The molecule has 1 amide bonds. The summed E-state index contributed by atoms with van der Waals surface area (Å²) in [6, 6.07) is 6.66. The molecule has 0 unspecified atom stereocenters. The van der Waals surface area contributed by atoms with E-state index in [1.165, 1.54) is 25.0 Å². The Bertz CT molecular complexity index is 648. The molecule has 1 aliphatic carbocycles. The Kier molecular flexibility index (Phi) is 11.1. The normalized spacial score (nSPS) is 14.8. The van der Waals surface area contributed by atoms with Gasteiger partial charge in [0.25, 0.3) is 0 Å². The molecule has 0 heterocycles. The molecule has 0 aliphatic heterocycles. The molecule has 0 aromatic heterocycles. The predicted octanol–water partition coefficient (Wildman–Crippen LogP) is 3.36. The molecule has 2 rings (SSSR count). The number of aliphatic imine (C=N–C) groups is 1. The predicted molar refractivity (Wildman–Crippen MR) is 117 cm³/mol. The smallest absolute Gasteiger partial charge is 0.422 e. The summed E-state index contributed by atoms with van der Waals surface area (Å²) in [6.07, 6.45) is 0.476. The van der Waals surface area contributed by atoms with E-state index in [0.717, 1.165) is 18.4 Å². The fourth-order valence-electron chi connectivity index (χ4n) is 2.94. The third-order valence-corrected chi connectivity index (χ3v) is 4.37. The van der Waals surface area contributed by atoms with Crippen LogP contribution in [0.4, 0.5) is 13.2 Å². The molecule has 0 saturated heterocycles. The summed E-state index contributed by atoms with van der Waals surface area (Å²) in [6.45, 7) is -0.411. The number of alkyl halides is 3. The van der Waals surface area contributed by atoms with Gasteiger partial charge in [0, 0.05) is 32.6 Å². The highest BCUT2D eigenvalue weighted by Crippen LogP contribution is 2.19. The topological polar surface area (TPSA) is 74.8 Å². The van der Waals surface area contributed by atoms with Gasteiger partial charge in [0.1, 0.15) is 5.75 Å². The van der Waals surface area contributed by atoms with Gasteiger partial charge in [-0.3, -0.25) is 9.79 Å². The fourth-order valence-corrected chi connectivity index (χ4v) is 2.94. The zero-order valence-corrected chi connectivity index (χ0v) is 18.7. The number of hydrogen-bond donors (Lipinski definition) is 3. The van der Waals surface area contributed by atoms with Crippen LogP contribution in [0.15, 0.2) is 29.3 Å². The van der Waals surface area contributed by atoms with Gasteiger partial charge in [-0.05, 0) is 30.5 Å². The maximum atomic E-state index is 12.1. The van der Waals surface area contributed by atoms with Crippen molar-refractivity contribution in [3.05, 3.63) is 29.8 Å². The van der Waals surface area contributed by atoms with Crippen LogP contribution >= 0.6 is 24.0 Å². The number of hydrogen-bond acceptors (Lipinski definition) is 3. The molecular formula is C19H28F3IN4O2. The molecule has 1 aromatic rings. The van der Waals surface area contributed by atoms with Gasteiger partial charge in [0.2, 0.25) is 5.91 Å². The van der Waals surface area contributed by atoms with Crippen molar-refractivity contribution in [1.29, 1.82) is 0 Å². The van der Waals surface area contributed by atoms with Crippen LogP contribution < -0.4 is 20.7 Å². The number of rotatable bonds is 8. The lowest BCUT2D eigenvalue weighted by atomic mass is 10.2. The first-order valence-electron chi connectivity index (χ1n) is 9.38. The van der Waals surface area contributed by atoms with E-state index >= 15 is 0 Å². The number of halogens is 4. The lowest BCUT2D eigenvalue weighted by molar-refractivity contribution is -0.153. The van der Waals surface area contributed by atoms with Crippen molar-refractivity contribution in [2.75, 3.05) is 20.2 Å². The van der Waals surface area contributed by atoms with E-state index in [2.05, 4.69) is 25.7 Å². The molecule has 164 valence electrons. The van der Waals surface area contributed by atoms with Gasteiger partial charge >= 0.3 is 6.18 Å². The van der Waals surface area contributed by atoms with Crippen molar-refractivity contribution >= 4 is 35.8 Å². The molecule has 1 fully saturated rings. The quantitative estimate of drug-likeness (QED) is 0.275. The van der Waals surface area contributed by atoms with Crippen molar-refractivity contribution in [3.63, 3.8) is 0 Å². The van der Waals surface area contributed by atoms with Crippen LogP contribution in [0.5, 0.6) is 5.75 Å². The summed E-state index contributed by atoms with van der Waals surface area (Å²) in [4.78, 5) is 16.0. The number of amides is 1. The Morgan fingerprint density at radius 1 is 1.17 bits per heavy atom. The first-order valence-corrected chi connectivity index (χ1v) is 9.38. The Morgan fingerprint density at radius 3 is 2.41 bits per heavy atom. The number of nitrogens with zero attached hydrogens (tertiary/aromatic N) is 1. The van der Waals surface area contributed by atoms with Gasteiger partial charge in [-0.1, -0.05) is 25.0 Å². The molecule has 29 heavy (non-hydrogen) atoms. The highest BCUT2D eigenvalue weighted by atomic mass is 127. The summed E-state index contributed by atoms with van der Waals surface area (Å²) in [5, 5.41) is 9.20. The summed E-state index contributed by atoms with van der Waals surface area (Å²) in [5.74, 6) is 0.743. The maximum absolute atomic E-state index is 12.1. The molecule has 1 aliphatic rings. The highest BCUT2D eigenvalue weighted by molar-refractivity contribution is 14.0. The average molecular weight is 528 g/mol. The van der Waals surface area contributed by atoms with Crippen LogP contribution in [0.3, 0.4) is 0 Å². The van der Waals surface area contributed by atoms with Crippen molar-refractivity contribution in [3.8, 4) is 5.75 Å². The Hall–Kier alpha value is -1.72. The van der Waals surface area contributed by atoms with Crippen LogP contribution in [-0.2, 0) is 11.3 Å². The molecule has 0 spiro atoms. The molecule has 1 aromatic carbocycles. The van der Waals surface area contributed by atoms with E-state index in [4.69, 9.17) is 0 Å². The second-order valence-corrected chi connectivity index (χ2v) is 6.70. The number of guanidine groups is 1. The molecule has 1 saturated carbocycles. The van der Waals surface area contributed by atoms with Crippen LogP contribution in [-0.4, -0.2) is 44.3 Å². The van der Waals surface area contributed by atoms with Crippen LogP contribution in [0.1, 0.15) is 37.7 Å². The number of benzene rings is 1. The zero-order valence-electron chi connectivity index (χ0n) is 16.3. The van der Waals surface area contributed by atoms with E-state index in [1.54, 1.807) is 19.2 Å². The number of ether oxygens (including phenoxy) is 1. The summed E-state index contributed by atoms with van der Waals surface area (Å²) in [5.41, 5.74) is 0.862. The second kappa shape index (κ2) is 12.8. The van der Waals surface area contributed by atoms with Crippen LogP contribution in [0, 0.1) is 0 Å². The SMILES string of the molecule is CN=C(NCCC(=O)NC1CCCC1)NCc1ccc(OCC(F)(F)F)cc1.I. The van der Waals surface area contributed by atoms with Crippen LogP contribution in [0.2, 0.25) is 0 Å². The molecule has 0 atom stereocenters. The summed E-state index contributed by atoms with van der Waals surface area (Å²) >= 11 is 0. The molecule has 6 nitrogen and oxygen atoms in total. The van der Waals surface area contributed by atoms with Crippen molar-refractivity contribution in [2.45, 2.75) is 50.9 Å². The van der Waals surface area contributed by atoms with E-state index in [0.29, 0.717) is 31.5 Å². The third kappa shape index (κ3) is 10.6. The van der Waals surface area contributed by atoms with Crippen molar-refractivity contribution < 1.29 is 22.7 Å². The van der Waals surface area contributed by atoms with Crippen LogP contribution in [0.25, 0.3) is 0 Å². The monoisotopic (exact) mass is 528 g/mol. The van der Waals surface area contributed by atoms with Gasteiger partial charge in [-0.25, -0.2) is 0 Å². The lowest BCUT2D eigenvalue weighted by Gasteiger charge is -2.14. The van der Waals surface area contributed by atoms with E-state index in [-0.39, 0.29) is 35.6 Å². The minimum Gasteiger partial charge on any atom is -0.484 e. The van der Waals surface area contributed by atoms with Gasteiger partial charge in [-0.2, -0.15) is 13.2 Å². The third-order valence-electron chi connectivity index (χ3n) is 4.37. The molecule has 0 radical (unpaired) electrons. The van der Waals surface area contributed by atoms with Gasteiger partial charge < -0.3 is 20.7 Å². The largest absolute Gasteiger partial charge is 0.484 e.